The average Bonchev–Trinajstić information content (AvgIpc) is 2.83. The lowest BCUT2D eigenvalue weighted by Crippen LogP contribution is -2.35. The third-order valence-corrected chi connectivity index (χ3v) is 3.67. The molecule has 0 radical (unpaired) electrons. The zero-order valence-corrected chi connectivity index (χ0v) is 11.5. The maximum atomic E-state index is 5.70. The van der Waals surface area contributed by atoms with E-state index in [9.17, 15) is 0 Å². The Morgan fingerprint density at radius 2 is 2.11 bits per heavy atom. The van der Waals surface area contributed by atoms with Crippen LogP contribution in [0.2, 0.25) is 0 Å². The van der Waals surface area contributed by atoms with Crippen molar-refractivity contribution in [2.24, 2.45) is 5.92 Å². The van der Waals surface area contributed by atoms with Crippen LogP contribution in [0, 0.1) is 5.92 Å². The minimum atomic E-state index is 0.375. The second-order valence-corrected chi connectivity index (χ2v) is 5.59. The summed E-state index contributed by atoms with van der Waals surface area (Å²) in [6.07, 6.45) is 8.19. The van der Waals surface area contributed by atoms with Crippen LogP contribution in [0.1, 0.15) is 46.0 Å². The molecule has 0 bridgehead atoms. The Morgan fingerprint density at radius 1 is 1.39 bits per heavy atom. The molecule has 4 nitrogen and oxygen atoms in total. The summed E-state index contributed by atoms with van der Waals surface area (Å²) in [7, 11) is 0. The van der Waals surface area contributed by atoms with Crippen molar-refractivity contribution < 1.29 is 0 Å². The summed E-state index contributed by atoms with van der Waals surface area (Å²) in [4.78, 5) is 10.8. The molecule has 1 aromatic rings. The van der Waals surface area contributed by atoms with Crippen molar-refractivity contribution in [3.8, 4) is 0 Å². The van der Waals surface area contributed by atoms with E-state index in [1.54, 1.807) is 6.20 Å². The fourth-order valence-corrected chi connectivity index (χ4v) is 2.62. The summed E-state index contributed by atoms with van der Waals surface area (Å²) in [6, 6.07) is 2.62. The molecule has 0 aromatic carbocycles. The molecule has 18 heavy (non-hydrogen) atoms. The first-order valence-corrected chi connectivity index (χ1v) is 7.02. The highest BCUT2D eigenvalue weighted by Gasteiger charge is 2.23. The van der Waals surface area contributed by atoms with E-state index < -0.39 is 0 Å². The van der Waals surface area contributed by atoms with Gasteiger partial charge in [-0.05, 0) is 31.2 Å². The molecule has 0 saturated heterocycles. The average molecular weight is 248 g/mol. The third-order valence-electron chi connectivity index (χ3n) is 3.67. The first kappa shape index (κ1) is 13.1. The van der Waals surface area contributed by atoms with Crippen LogP contribution in [0.5, 0.6) is 0 Å². The van der Waals surface area contributed by atoms with Crippen LogP contribution >= 0.6 is 0 Å². The zero-order chi connectivity index (χ0) is 13.0. The molecule has 100 valence electrons. The monoisotopic (exact) mass is 248 g/mol. The third kappa shape index (κ3) is 3.34. The van der Waals surface area contributed by atoms with Crippen LogP contribution < -0.4 is 10.6 Å². The lowest BCUT2D eigenvalue weighted by atomic mass is 10.1. The summed E-state index contributed by atoms with van der Waals surface area (Å²) in [5.41, 5.74) is 5.70. The highest BCUT2D eigenvalue weighted by atomic mass is 15.2. The molecule has 1 fully saturated rings. The molecular weight excluding hydrogens is 224 g/mol. The minimum absolute atomic E-state index is 0.375. The predicted octanol–water partition coefficient (Wildman–Crippen LogP) is 2.85. The highest BCUT2D eigenvalue weighted by Crippen LogP contribution is 2.27. The predicted molar refractivity (Wildman–Crippen MR) is 75.5 cm³/mol. The van der Waals surface area contributed by atoms with Gasteiger partial charge in [-0.2, -0.15) is 4.98 Å². The Balaban J connectivity index is 2.12. The van der Waals surface area contributed by atoms with Crippen molar-refractivity contribution in [3.05, 3.63) is 12.3 Å². The van der Waals surface area contributed by atoms with E-state index in [0.717, 1.165) is 12.4 Å². The lowest BCUT2D eigenvalue weighted by Gasteiger charge is -2.30. The topological polar surface area (TPSA) is 55.0 Å². The van der Waals surface area contributed by atoms with Crippen molar-refractivity contribution >= 4 is 11.8 Å². The van der Waals surface area contributed by atoms with E-state index in [0.29, 0.717) is 17.9 Å². The van der Waals surface area contributed by atoms with Crippen LogP contribution in [-0.4, -0.2) is 22.6 Å². The number of nitrogens with zero attached hydrogens (tertiary/aromatic N) is 3. The van der Waals surface area contributed by atoms with E-state index >= 15 is 0 Å². The quantitative estimate of drug-likeness (QED) is 0.870. The lowest BCUT2D eigenvalue weighted by molar-refractivity contribution is 0.525. The SMILES string of the molecule is CC(C)CCN(c1ccnc(N)n1)C1CCCC1. The van der Waals surface area contributed by atoms with Crippen LogP contribution in [0.15, 0.2) is 12.3 Å². The standard InChI is InChI=1S/C14H24N4/c1-11(2)8-10-18(12-5-3-4-6-12)13-7-9-16-14(15)17-13/h7,9,11-12H,3-6,8,10H2,1-2H3,(H2,15,16,17). The minimum Gasteiger partial charge on any atom is -0.368 e. The molecule has 2 rings (SSSR count). The molecule has 1 aliphatic carbocycles. The van der Waals surface area contributed by atoms with Gasteiger partial charge in [-0.1, -0.05) is 26.7 Å². The number of nitrogens with two attached hydrogens (primary N) is 1. The highest BCUT2D eigenvalue weighted by molar-refractivity contribution is 5.42. The molecule has 2 N–H and O–H groups in total. The molecule has 0 amide bonds. The van der Waals surface area contributed by atoms with Gasteiger partial charge in [0, 0.05) is 18.8 Å². The van der Waals surface area contributed by atoms with Crippen molar-refractivity contribution in [2.75, 3.05) is 17.2 Å². The maximum absolute atomic E-state index is 5.70. The summed E-state index contributed by atoms with van der Waals surface area (Å²) >= 11 is 0. The maximum Gasteiger partial charge on any atom is 0.221 e. The molecular formula is C14H24N4. The Labute approximate surface area is 110 Å². The van der Waals surface area contributed by atoms with Gasteiger partial charge in [0.25, 0.3) is 0 Å². The van der Waals surface area contributed by atoms with Crippen molar-refractivity contribution in [1.29, 1.82) is 0 Å². The van der Waals surface area contributed by atoms with Gasteiger partial charge in [-0.15, -0.1) is 0 Å². The molecule has 1 aromatic heterocycles. The molecule has 0 unspecified atom stereocenters. The van der Waals surface area contributed by atoms with Gasteiger partial charge in [0.2, 0.25) is 5.95 Å². The number of anilines is 2. The molecule has 4 heteroatoms. The van der Waals surface area contributed by atoms with Crippen LogP contribution in [-0.2, 0) is 0 Å². The van der Waals surface area contributed by atoms with E-state index in [4.69, 9.17) is 5.73 Å². The fraction of sp³-hybridized carbons (Fsp3) is 0.714. The number of aromatic nitrogens is 2. The van der Waals surface area contributed by atoms with Gasteiger partial charge in [-0.3, -0.25) is 0 Å². The van der Waals surface area contributed by atoms with Crippen LogP contribution in [0.4, 0.5) is 11.8 Å². The molecule has 1 saturated carbocycles. The molecule has 0 aliphatic heterocycles. The van der Waals surface area contributed by atoms with Gasteiger partial charge >= 0.3 is 0 Å². The van der Waals surface area contributed by atoms with Crippen LogP contribution in [0.25, 0.3) is 0 Å². The number of nitrogen functional groups attached to an aromatic ring is 1. The normalized spacial score (nSPS) is 16.4. The van der Waals surface area contributed by atoms with Gasteiger partial charge < -0.3 is 10.6 Å². The second kappa shape index (κ2) is 6.03. The number of hydrogen-bond donors (Lipinski definition) is 1. The van der Waals surface area contributed by atoms with E-state index in [-0.39, 0.29) is 0 Å². The Hall–Kier alpha value is -1.32. The van der Waals surface area contributed by atoms with Crippen molar-refractivity contribution in [1.82, 2.24) is 9.97 Å². The Morgan fingerprint density at radius 3 is 2.72 bits per heavy atom. The fourth-order valence-electron chi connectivity index (χ4n) is 2.62. The first-order chi connectivity index (χ1) is 8.66. The summed E-state index contributed by atoms with van der Waals surface area (Å²) in [5, 5.41) is 0. The van der Waals surface area contributed by atoms with Crippen molar-refractivity contribution in [2.45, 2.75) is 52.0 Å². The number of hydrogen-bond acceptors (Lipinski definition) is 4. The van der Waals surface area contributed by atoms with Gasteiger partial charge in [0.1, 0.15) is 5.82 Å². The first-order valence-electron chi connectivity index (χ1n) is 7.02. The van der Waals surface area contributed by atoms with E-state index in [1.807, 2.05) is 6.07 Å². The van der Waals surface area contributed by atoms with Crippen molar-refractivity contribution in [3.63, 3.8) is 0 Å². The van der Waals surface area contributed by atoms with Gasteiger partial charge in [0.15, 0.2) is 0 Å². The number of rotatable bonds is 5. The molecule has 0 spiro atoms. The molecule has 1 aliphatic rings. The summed E-state index contributed by atoms with van der Waals surface area (Å²) in [5.74, 6) is 2.09. The molecule has 1 heterocycles. The van der Waals surface area contributed by atoms with E-state index in [1.165, 1.54) is 32.1 Å². The summed E-state index contributed by atoms with van der Waals surface area (Å²) < 4.78 is 0. The van der Waals surface area contributed by atoms with Gasteiger partial charge in [0.05, 0.1) is 0 Å². The smallest absolute Gasteiger partial charge is 0.221 e. The zero-order valence-electron chi connectivity index (χ0n) is 11.5. The second-order valence-electron chi connectivity index (χ2n) is 5.59. The summed E-state index contributed by atoms with van der Waals surface area (Å²) in [6.45, 7) is 5.60. The van der Waals surface area contributed by atoms with Gasteiger partial charge in [-0.25, -0.2) is 4.98 Å². The largest absolute Gasteiger partial charge is 0.368 e. The Bertz CT molecular complexity index is 372. The molecule has 0 atom stereocenters. The van der Waals surface area contributed by atoms with Crippen LogP contribution in [0.3, 0.4) is 0 Å². The Kier molecular flexibility index (Phi) is 4.39. The van der Waals surface area contributed by atoms with E-state index in [2.05, 4.69) is 28.7 Å².